The molecule has 1 aliphatic heterocycles. The summed E-state index contributed by atoms with van der Waals surface area (Å²) >= 11 is 0. The summed E-state index contributed by atoms with van der Waals surface area (Å²) in [4.78, 5) is 14.6. The van der Waals surface area contributed by atoms with E-state index < -0.39 is 6.04 Å². The van der Waals surface area contributed by atoms with E-state index in [1.54, 1.807) is 0 Å². The zero-order valence-electron chi connectivity index (χ0n) is 16.0. The largest absolute Gasteiger partial charge is 0.411 e. The van der Waals surface area contributed by atoms with Gasteiger partial charge in [-0.3, -0.25) is 4.79 Å². The molecule has 1 aliphatic rings. The van der Waals surface area contributed by atoms with Crippen molar-refractivity contribution in [1.82, 2.24) is 4.90 Å². The molecule has 1 heterocycles. The molecule has 5 heteroatoms. The number of aryl methyl sites for hydroxylation is 1. The van der Waals surface area contributed by atoms with Gasteiger partial charge in [-0.15, -0.1) is 0 Å². The Bertz CT molecular complexity index is 649. The van der Waals surface area contributed by atoms with E-state index in [9.17, 15) is 10.0 Å². The molecule has 1 saturated heterocycles. The maximum absolute atomic E-state index is 12.7. The van der Waals surface area contributed by atoms with Gasteiger partial charge in [-0.25, -0.2) is 0 Å². The lowest BCUT2D eigenvalue weighted by Gasteiger charge is -2.32. The molecular formula is C20H31N3O2. The number of amides is 1. The fourth-order valence-corrected chi connectivity index (χ4v) is 3.46. The number of carbonyl (C=O) groups excluding carboxylic acids is 1. The molecule has 0 radical (unpaired) electrons. The van der Waals surface area contributed by atoms with Crippen molar-refractivity contribution in [2.24, 2.45) is 22.2 Å². The summed E-state index contributed by atoms with van der Waals surface area (Å²) in [5.41, 5.74) is 8.65. The number of nitrogens with two attached hydrogens (primary N) is 1. The normalized spacial score (nSPS) is 23.0. The van der Waals surface area contributed by atoms with Crippen LogP contribution in [-0.2, 0) is 4.79 Å². The molecule has 138 valence electrons. The van der Waals surface area contributed by atoms with E-state index in [4.69, 9.17) is 5.73 Å². The van der Waals surface area contributed by atoms with Gasteiger partial charge < -0.3 is 15.8 Å². The number of carbonyl (C=O) groups is 1. The molecule has 0 saturated carbocycles. The van der Waals surface area contributed by atoms with Crippen molar-refractivity contribution in [3.05, 3.63) is 35.4 Å². The second-order valence-corrected chi connectivity index (χ2v) is 8.41. The minimum Gasteiger partial charge on any atom is -0.411 e. The third kappa shape index (κ3) is 4.60. The van der Waals surface area contributed by atoms with Gasteiger partial charge in [0.15, 0.2) is 0 Å². The first kappa shape index (κ1) is 19.4. The van der Waals surface area contributed by atoms with Gasteiger partial charge in [0.05, 0.1) is 11.8 Å². The minimum absolute atomic E-state index is 0.0144. The zero-order valence-corrected chi connectivity index (χ0v) is 16.0. The summed E-state index contributed by atoms with van der Waals surface area (Å²) < 4.78 is 0. The summed E-state index contributed by atoms with van der Waals surface area (Å²) in [6, 6.07) is 7.61. The topological polar surface area (TPSA) is 78.9 Å². The second-order valence-electron chi connectivity index (χ2n) is 8.41. The predicted octanol–water partition coefficient (Wildman–Crippen LogP) is 3.17. The average molecular weight is 345 g/mol. The lowest BCUT2D eigenvalue weighted by atomic mass is 9.86. The fourth-order valence-electron chi connectivity index (χ4n) is 3.46. The molecule has 0 aromatic heterocycles. The Balaban J connectivity index is 2.07. The highest BCUT2D eigenvalue weighted by Crippen LogP contribution is 2.30. The van der Waals surface area contributed by atoms with Gasteiger partial charge in [0.25, 0.3) is 0 Å². The lowest BCUT2D eigenvalue weighted by molar-refractivity contribution is -0.135. The molecule has 3 N–H and O–H groups in total. The third-order valence-corrected chi connectivity index (χ3v) is 5.10. The molecule has 1 aromatic rings. The Morgan fingerprint density at radius 2 is 2.12 bits per heavy atom. The van der Waals surface area contributed by atoms with E-state index in [-0.39, 0.29) is 23.3 Å². The number of likely N-dealkylation sites (tertiary alicyclic amines) is 1. The SMILES string of the molecule is Cc1cccc(/C(CC2CC(C)N(C(=O)C(N)C(C)(C)C)C2)=N/O)c1. The zero-order chi connectivity index (χ0) is 18.8. The van der Waals surface area contributed by atoms with Crippen LogP contribution in [0.15, 0.2) is 29.4 Å². The van der Waals surface area contributed by atoms with Crippen LogP contribution in [0.25, 0.3) is 0 Å². The van der Waals surface area contributed by atoms with Crippen molar-refractivity contribution in [2.45, 2.75) is 59.5 Å². The molecule has 2 rings (SSSR count). The first-order chi connectivity index (χ1) is 11.6. The number of rotatable bonds is 4. The minimum atomic E-state index is -0.503. The maximum atomic E-state index is 12.7. The second kappa shape index (κ2) is 7.56. The summed E-state index contributed by atoms with van der Waals surface area (Å²) in [7, 11) is 0. The van der Waals surface area contributed by atoms with Crippen LogP contribution in [0.1, 0.15) is 51.7 Å². The van der Waals surface area contributed by atoms with Crippen LogP contribution in [-0.4, -0.2) is 40.4 Å². The number of hydrogen-bond acceptors (Lipinski definition) is 4. The molecular weight excluding hydrogens is 314 g/mol. The van der Waals surface area contributed by atoms with E-state index in [2.05, 4.69) is 12.1 Å². The van der Waals surface area contributed by atoms with Crippen molar-refractivity contribution >= 4 is 11.6 Å². The van der Waals surface area contributed by atoms with Crippen LogP contribution in [0.3, 0.4) is 0 Å². The Kier molecular flexibility index (Phi) is 5.88. The van der Waals surface area contributed by atoms with Crippen LogP contribution in [0.5, 0.6) is 0 Å². The highest BCUT2D eigenvalue weighted by molar-refractivity contribution is 6.00. The molecule has 1 fully saturated rings. The van der Waals surface area contributed by atoms with Crippen molar-refractivity contribution < 1.29 is 10.0 Å². The van der Waals surface area contributed by atoms with E-state index >= 15 is 0 Å². The molecule has 1 aromatic carbocycles. The monoisotopic (exact) mass is 345 g/mol. The molecule has 0 bridgehead atoms. The highest BCUT2D eigenvalue weighted by Gasteiger charge is 2.38. The smallest absolute Gasteiger partial charge is 0.240 e. The van der Waals surface area contributed by atoms with Crippen LogP contribution >= 0.6 is 0 Å². The maximum Gasteiger partial charge on any atom is 0.240 e. The van der Waals surface area contributed by atoms with Gasteiger partial charge in [0.1, 0.15) is 0 Å². The Morgan fingerprint density at radius 3 is 2.68 bits per heavy atom. The predicted molar refractivity (Wildman–Crippen MR) is 101 cm³/mol. The fraction of sp³-hybridized carbons (Fsp3) is 0.600. The van der Waals surface area contributed by atoms with Crippen molar-refractivity contribution in [1.29, 1.82) is 0 Å². The van der Waals surface area contributed by atoms with Gasteiger partial charge in [-0.05, 0) is 43.6 Å². The van der Waals surface area contributed by atoms with Gasteiger partial charge in [-0.2, -0.15) is 0 Å². The molecule has 1 amide bonds. The summed E-state index contributed by atoms with van der Waals surface area (Å²) in [5, 5.41) is 13.0. The number of nitrogens with zero attached hydrogens (tertiary/aromatic N) is 2. The third-order valence-electron chi connectivity index (χ3n) is 5.10. The van der Waals surface area contributed by atoms with E-state index in [1.165, 1.54) is 0 Å². The van der Waals surface area contributed by atoms with Crippen molar-refractivity contribution in [2.75, 3.05) is 6.54 Å². The van der Waals surface area contributed by atoms with Crippen LogP contribution < -0.4 is 5.73 Å². The molecule has 3 unspecified atom stereocenters. The van der Waals surface area contributed by atoms with Gasteiger partial charge in [0.2, 0.25) is 5.91 Å². The summed E-state index contributed by atoms with van der Waals surface area (Å²) in [5.74, 6) is 0.290. The van der Waals surface area contributed by atoms with Gasteiger partial charge in [-0.1, -0.05) is 55.8 Å². The summed E-state index contributed by atoms with van der Waals surface area (Å²) in [6.07, 6.45) is 1.55. The Labute approximate surface area is 150 Å². The van der Waals surface area contributed by atoms with Gasteiger partial charge in [0, 0.05) is 12.6 Å². The lowest BCUT2D eigenvalue weighted by Crippen LogP contribution is -2.51. The number of hydrogen-bond donors (Lipinski definition) is 2. The molecule has 5 nitrogen and oxygen atoms in total. The summed E-state index contributed by atoms with van der Waals surface area (Å²) in [6.45, 7) is 10.7. The molecule has 0 spiro atoms. The molecule has 0 aliphatic carbocycles. The van der Waals surface area contributed by atoms with E-state index in [0.717, 1.165) is 17.5 Å². The van der Waals surface area contributed by atoms with Crippen molar-refractivity contribution in [3.63, 3.8) is 0 Å². The number of oxime groups is 1. The van der Waals surface area contributed by atoms with Gasteiger partial charge >= 0.3 is 0 Å². The number of benzene rings is 1. The average Bonchev–Trinajstić information content (AvgIpc) is 2.90. The molecule has 3 atom stereocenters. The van der Waals surface area contributed by atoms with E-state index in [1.807, 2.05) is 56.9 Å². The van der Waals surface area contributed by atoms with Crippen LogP contribution in [0.4, 0.5) is 0 Å². The van der Waals surface area contributed by atoms with E-state index in [0.29, 0.717) is 18.7 Å². The standard InChI is InChI=1S/C20H31N3O2/c1-13-7-6-8-16(9-13)17(22-25)11-15-10-14(2)23(12-15)19(24)18(21)20(3,4)5/h6-9,14-15,18,25H,10-12,21H2,1-5H3/b22-17+. The Hall–Kier alpha value is -1.88. The molecule has 25 heavy (non-hydrogen) atoms. The first-order valence-electron chi connectivity index (χ1n) is 8.97. The van der Waals surface area contributed by atoms with Crippen LogP contribution in [0.2, 0.25) is 0 Å². The van der Waals surface area contributed by atoms with Crippen molar-refractivity contribution in [3.8, 4) is 0 Å². The van der Waals surface area contributed by atoms with Crippen LogP contribution in [0, 0.1) is 18.3 Å². The first-order valence-corrected chi connectivity index (χ1v) is 8.97. The highest BCUT2D eigenvalue weighted by atomic mass is 16.4. The Morgan fingerprint density at radius 1 is 1.44 bits per heavy atom. The quantitative estimate of drug-likeness (QED) is 0.500.